The van der Waals surface area contributed by atoms with Gasteiger partial charge in [-0.2, -0.15) is 9.57 Å². The largest absolute Gasteiger partial charge is 0.443 e. The fraction of sp³-hybridized carbons (Fsp3) is 0.556. The lowest BCUT2D eigenvalue weighted by Gasteiger charge is -2.34. The summed E-state index contributed by atoms with van der Waals surface area (Å²) in [5.74, 6) is 0. The molecule has 0 saturated heterocycles. The van der Waals surface area contributed by atoms with E-state index < -0.39 is 27.8 Å². The average molecular weight is 364 g/mol. The van der Waals surface area contributed by atoms with Crippen LogP contribution >= 0.6 is 0 Å². The molecule has 1 aliphatic carbocycles. The van der Waals surface area contributed by atoms with Crippen LogP contribution in [0.5, 0.6) is 0 Å². The Balaban J connectivity index is 2.45. The third-order valence-electron chi connectivity index (χ3n) is 4.00. The lowest BCUT2D eigenvalue weighted by Crippen LogP contribution is -2.47. The topological polar surface area (TPSA) is 87.5 Å². The molecule has 0 radical (unpaired) electrons. The van der Waals surface area contributed by atoms with E-state index in [0.29, 0.717) is 12.8 Å². The number of hydrogen-bond acceptors (Lipinski definition) is 5. The molecular formula is C18H24N2O4S. The highest BCUT2D eigenvalue weighted by Crippen LogP contribution is 2.29. The number of nitrogens with zero attached hydrogens (tertiary/aromatic N) is 2. The van der Waals surface area contributed by atoms with Crippen LogP contribution in [-0.2, 0) is 14.8 Å². The van der Waals surface area contributed by atoms with Gasteiger partial charge in [0.05, 0.1) is 22.6 Å². The summed E-state index contributed by atoms with van der Waals surface area (Å²) in [4.78, 5) is 12.6. The summed E-state index contributed by atoms with van der Waals surface area (Å²) in [6, 6.07) is 7.22. The molecule has 1 aromatic carbocycles. The molecule has 1 saturated carbocycles. The fourth-order valence-electron chi connectivity index (χ4n) is 2.91. The number of carbonyl (C=O) groups is 1. The molecule has 0 bridgehead atoms. The Morgan fingerprint density at radius 3 is 2.44 bits per heavy atom. The SMILES string of the molecule is CC(C)(C)OC(=O)N(C1CCCCC1)S(=O)(=O)c1cccc(C#N)c1. The van der Waals surface area contributed by atoms with Crippen molar-refractivity contribution in [3.63, 3.8) is 0 Å². The van der Waals surface area contributed by atoms with Gasteiger partial charge in [0.2, 0.25) is 0 Å². The second kappa shape index (κ2) is 7.44. The van der Waals surface area contributed by atoms with Crippen molar-refractivity contribution < 1.29 is 17.9 Å². The van der Waals surface area contributed by atoms with Crippen molar-refractivity contribution in [2.24, 2.45) is 0 Å². The highest BCUT2D eigenvalue weighted by molar-refractivity contribution is 7.89. The molecule has 6 nitrogen and oxygen atoms in total. The first-order chi connectivity index (χ1) is 11.6. The predicted molar refractivity (Wildman–Crippen MR) is 93.3 cm³/mol. The standard InChI is InChI=1S/C18H24N2O4S/c1-18(2,3)24-17(21)20(15-9-5-4-6-10-15)25(22,23)16-11-7-8-14(12-16)13-19/h7-8,11-12,15H,4-6,9-10H2,1-3H3. The first-order valence-corrected chi connectivity index (χ1v) is 9.87. The first-order valence-electron chi connectivity index (χ1n) is 8.43. The molecule has 0 aromatic heterocycles. The molecule has 1 amide bonds. The van der Waals surface area contributed by atoms with Crippen LogP contribution in [-0.4, -0.2) is 30.5 Å². The van der Waals surface area contributed by atoms with Crippen molar-refractivity contribution >= 4 is 16.1 Å². The van der Waals surface area contributed by atoms with Gasteiger partial charge in [-0.3, -0.25) is 0 Å². The maximum absolute atomic E-state index is 13.1. The third-order valence-corrected chi connectivity index (χ3v) is 5.81. The predicted octanol–water partition coefficient (Wildman–Crippen LogP) is 3.82. The van der Waals surface area contributed by atoms with E-state index in [-0.39, 0.29) is 10.5 Å². The molecule has 136 valence electrons. The van der Waals surface area contributed by atoms with E-state index >= 15 is 0 Å². The summed E-state index contributed by atoms with van der Waals surface area (Å²) in [5.41, 5.74) is -0.567. The van der Waals surface area contributed by atoms with Crippen LogP contribution in [0.1, 0.15) is 58.4 Å². The lowest BCUT2D eigenvalue weighted by atomic mass is 9.96. The van der Waals surface area contributed by atoms with Gasteiger partial charge in [-0.05, 0) is 51.8 Å². The maximum Gasteiger partial charge on any atom is 0.424 e. The lowest BCUT2D eigenvalue weighted by molar-refractivity contribution is 0.0314. The van der Waals surface area contributed by atoms with Crippen molar-refractivity contribution in [1.82, 2.24) is 4.31 Å². The summed E-state index contributed by atoms with van der Waals surface area (Å²) in [6.45, 7) is 5.10. The molecule has 1 aliphatic rings. The Hall–Kier alpha value is -2.07. The van der Waals surface area contributed by atoms with Crippen molar-refractivity contribution in [3.8, 4) is 6.07 Å². The van der Waals surface area contributed by atoms with Crippen molar-refractivity contribution in [2.75, 3.05) is 0 Å². The zero-order valence-electron chi connectivity index (χ0n) is 14.9. The molecule has 0 spiro atoms. The number of hydrogen-bond donors (Lipinski definition) is 0. The smallest absolute Gasteiger partial charge is 0.424 e. The van der Waals surface area contributed by atoms with Crippen LogP contribution in [0.25, 0.3) is 0 Å². The van der Waals surface area contributed by atoms with Crippen molar-refractivity contribution in [3.05, 3.63) is 29.8 Å². The van der Waals surface area contributed by atoms with E-state index in [2.05, 4.69) is 0 Å². The zero-order chi connectivity index (χ0) is 18.7. The van der Waals surface area contributed by atoms with Gasteiger partial charge < -0.3 is 4.74 Å². The van der Waals surface area contributed by atoms with Crippen LogP contribution in [0.15, 0.2) is 29.2 Å². The molecular weight excluding hydrogens is 340 g/mol. The molecule has 0 heterocycles. The fourth-order valence-corrected chi connectivity index (χ4v) is 4.50. The third kappa shape index (κ3) is 4.73. The Morgan fingerprint density at radius 1 is 1.24 bits per heavy atom. The van der Waals surface area contributed by atoms with Crippen LogP contribution in [0.2, 0.25) is 0 Å². The van der Waals surface area contributed by atoms with E-state index in [4.69, 9.17) is 10.00 Å². The zero-order valence-corrected chi connectivity index (χ0v) is 15.7. The molecule has 1 aromatic rings. The first kappa shape index (κ1) is 19.3. The Bertz CT molecular complexity index is 769. The summed E-state index contributed by atoms with van der Waals surface area (Å²) in [7, 11) is -4.10. The Morgan fingerprint density at radius 2 is 1.88 bits per heavy atom. The molecule has 25 heavy (non-hydrogen) atoms. The highest BCUT2D eigenvalue weighted by Gasteiger charge is 2.39. The van der Waals surface area contributed by atoms with Crippen LogP contribution in [0.3, 0.4) is 0 Å². The molecule has 1 fully saturated rings. The van der Waals surface area contributed by atoms with Gasteiger partial charge in [0.1, 0.15) is 5.60 Å². The summed E-state index contributed by atoms with van der Waals surface area (Å²) < 4.78 is 32.5. The van der Waals surface area contributed by atoms with Gasteiger partial charge in [-0.25, -0.2) is 13.2 Å². The average Bonchev–Trinajstić information content (AvgIpc) is 2.54. The second-order valence-corrected chi connectivity index (χ2v) is 9.03. The maximum atomic E-state index is 13.1. The van der Waals surface area contributed by atoms with E-state index in [1.54, 1.807) is 20.8 Å². The number of carbonyl (C=O) groups excluding carboxylic acids is 1. The Kier molecular flexibility index (Phi) is 5.73. The van der Waals surface area contributed by atoms with E-state index in [9.17, 15) is 13.2 Å². The number of ether oxygens (including phenoxy) is 1. The van der Waals surface area contributed by atoms with Crippen LogP contribution in [0.4, 0.5) is 4.79 Å². The van der Waals surface area contributed by atoms with Crippen molar-refractivity contribution in [1.29, 1.82) is 5.26 Å². The van der Waals surface area contributed by atoms with Gasteiger partial charge in [-0.1, -0.05) is 25.3 Å². The number of nitriles is 1. The molecule has 7 heteroatoms. The minimum absolute atomic E-state index is 0.0667. The van der Waals surface area contributed by atoms with Gasteiger partial charge in [0, 0.05) is 0 Å². The van der Waals surface area contributed by atoms with E-state index in [1.165, 1.54) is 24.3 Å². The van der Waals surface area contributed by atoms with Crippen LogP contribution in [0, 0.1) is 11.3 Å². The molecule has 0 N–H and O–H groups in total. The number of amides is 1. The van der Waals surface area contributed by atoms with E-state index in [0.717, 1.165) is 23.6 Å². The summed E-state index contributed by atoms with van der Waals surface area (Å²) in [6.07, 6.45) is 3.16. The number of benzene rings is 1. The minimum Gasteiger partial charge on any atom is -0.443 e. The van der Waals surface area contributed by atoms with Crippen LogP contribution < -0.4 is 0 Å². The summed E-state index contributed by atoms with van der Waals surface area (Å²) >= 11 is 0. The molecule has 0 aliphatic heterocycles. The second-order valence-electron chi connectivity index (χ2n) is 7.21. The Labute approximate surface area is 149 Å². The molecule has 0 unspecified atom stereocenters. The van der Waals surface area contributed by atoms with Gasteiger partial charge in [0.25, 0.3) is 10.0 Å². The van der Waals surface area contributed by atoms with Gasteiger partial charge >= 0.3 is 6.09 Å². The number of rotatable bonds is 3. The van der Waals surface area contributed by atoms with Crippen molar-refractivity contribution in [2.45, 2.75) is 69.4 Å². The summed E-state index contributed by atoms with van der Waals surface area (Å²) in [5, 5.41) is 9.03. The van der Waals surface area contributed by atoms with E-state index in [1.807, 2.05) is 6.07 Å². The minimum atomic E-state index is -4.10. The molecule has 2 rings (SSSR count). The quantitative estimate of drug-likeness (QED) is 0.813. The highest BCUT2D eigenvalue weighted by atomic mass is 32.2. The van der Waals surface area contributed by atoms with Gasteiger partial charge in [0.15, 0.2) is 0 Å². The normalized spacial score (nSPS) is 16.1. The number of sulfonamides is 1. The monoisotopic (exact) mass is 364 g/mol. The molecule has 0 atom stereocenters. The van der Waals surface area contributed by atoms with Gasteiger partial charge in [-0.15, -0.1) is 0 Å².